The second kappa shape index (κ2) is 4.97. The molecule has 94 valence electrons. The number of aromatic nitrogens is 1. The summed E-state index contributed by atoms with van der Waals surface area (Å²) in [6, 6.07) is 5.69. The Balaban J connectivity index is 2.37. The zero-order chi connectivity index (χ0) is 13.3. The van der Waals surface area contributed by atoms with E-state index in [2.05, 4.69) is 26.2 Å². The Morgan fingerprint density at radius 1 is 1.11 bits per heavy atom. The predicted octanol–water partition coefficient (Wildman–Crippen LogP) is 4.31. The third kappa shape index (κ3) is 2.64. The van der Waals surface area contributed by atoms with Gasteiger partial charge >= 0.3 is 0 Å². The fraction of sp³-hybridized carbons (Fsp3) is 0.0833. The molecule has 2 rings (SSSR count). The topological polar surface area (TPSA) is 24.9 Å². The summed E-state index contributed by atoms with van der Waals surface area (Å²) in [5.74, 6) is -3.95. The molecular formula is C12H8BrF3N2. The minimum Gasteiger partial charge on any atom is -0.337 e. The number of halogens is 4. The van der Waals surface area contributed by atoms with Gasteiger partial charge in [0.1, 0.15) is 0 Å². The number of rotatable bonds is 2. The molecule has 0 aliphatic carbocycles. The van der Waals surface area contributed by atoms with Gasteiger partial charge in [-0.2, -0.15) is 9.37 Å². The lowest BCUT2D eigenvalue weighted by Gasteiger charge is -2.10. The van der Waals surface area contributed by atoms with Crippen molar-refractivity contribution in [2.24, 2.45) is 0 Å². The van der Waals surface area contributed by atoms with E-state index in [0.717, 1.165) is 10.0 Å². The van der Waals surface area contributed by atoms with Crippen molar-refractivity contribution >= 4 is 27.4 Å². The Labute approximate surface area is 110 Å². The summed E-state index contributed by atoms with van der Waals surface area (Å²) >= 11 is 3.29. The fourth-order valence-corrected chi connectivity index (χ4v) is 1.90. The molecule has 0 saturated heterocycles. The van der Waals surface area contributed by atoms with Crippen molar-refractivity contribution in [2.75, 3.05) is 5.32 Å². The van der Waals surface area contributed by atoms with Crippen LogP contribution in [0.1, 0.15) is 5.56 Å². The highest BCUT2D eigenvalue weighted by Crippen LogP contribution is 2.24. The zero-order valence-electron chi connectivity index (χ0n) is 9.27. The molecule has 0 aliphatic rings. The van der Waals surface area contributed by atoms with Crippen molar-refractivity contribution in [3.63, 3.8) is 0 Å². The number of hydrogen-bond acceptors (Lipinski definition) is 2. The fourth-order valence-electron chi connectivity index (χ4n) is 1.43. The maximum Gasteiger partial charge on any atom is 0.251 e. The van der Waals surface area contributed by atoms with Gasteiger partial charge in [0.2, 0.25) is 0 Å². The van der Waals surface area contributed by atoms with E-state index >= 15 is 0 Å². The van der Waals surface area contributed by atoms with E-state index in [-0.39, 0.29) is 5.82 Å². The van der Waals surface area contributed by atoms with Crippen molar-refractivity contribution < 1.29 is 13.2 Å². The van der Waals surface area contributed by atoms with Crippen LogP contribution < -0.4 is 5.32 Å². The molecule has 1 aromatic heterocycles. The second-order valence-electron chi connectivity index (χ2n) is 3.68. The predicted molar refractivity (Wildman–Crippen MR) is 66.3 cm³/mol. The largest absolute Gasteiger partial charge is 0.337 e. The molecule has 18 heavy (non-hydrogen) atoms. The molecular weight excluding hydrogens is 309 g/mol. The van der Waals surface area contributed by atoms with Gasteiger partial charge in [0.15, 0.2) is 17.5 Å². The second-order valence-corrected chi connectivity index (χ2v) is 4.59. The number of nitrogens with one attached hydrogen (secondary N) is 1. The number of aryl methyl sites for hydroxylation is 1. The summed E-state index contributed by atoms with van der Waals surface area (Å²) in [6.07, 6.45) is 0. The van der Waals surface area contributed by atoms with Crippen LogP contribution in [-0.2, 0) is 0 Å². The number of benzene rings is 1. The molecule has 0 amide bonds. The van der Waals surface area contributed by atoms with Crippen LogP contribution in [-0.4, -0.2) is 4.98 Å². The van der Waals surface area contributed by atoms with Crippen LogP contribution in [0.15, 0.2) is 28.7 Å². The molecule has 0 bridgehead atoms. The lowest BCUT2D eigenvalue weighted by atomic mass is 10.2. The average molecular weight is 317 g/mol. The first-order valence-electron chi connectivity index (χ1n) is 5.02. The smallest absolute Gasteiger partial charge is 0.251 e. The van der Waals surface area contributed by atoms with Gasteiger partial charge in [-0.15, -0.1) is 0 Å². The van der Waals surface area contributed by atoms with Crippen LogP contribution in [0.3, 0.4) is 0 Å². The first-order valence-corrected chi connectivity index (χ1v) is 5.81. The van der Waals surface area contributed by atoms with Crippen LogP contribution in [0.25, 0.3) is 0 Å². The van der Waals surface area contributed by atoms with Crippen LogP contribution >= 0.6 is 15.9 Å². The van der Waals surface area contributed by atoms with E-state index in [9.17, 15) is 13.2 Å². The van der Waals surface area contributed by atoms with Crippen LogP contribution in [0.2, 0.25) is 0 Å². The van der Waals surface area contributed by atoms with Gasteiger partial charge in [-0.05, 0) is 30.7 Å². The summed E-state index contributed by atoms with van der Waals surface area (Å²) in [7, 11) is 0. The number of nitrogens with zero attached hydrogens (tertiary/aromatic N) is 1. The Morgan fingerprint density at radius 3 is 2.50 bits per heavy atom. The van der Waals surface area contributed by atoms with Crippen LogP contribution in [0.5, 0.6) is 0 Å². The zero-order valence-corrected chi connectivity index (χ0v) is 10.9. The monoisotopic (exact) mass is 316 g/mol. The summed E-state index contributed by atoms with van der Waals surface area (Å²) in [4.78, 5) is 3.19. The first-order chi connectivity index (χ1) is 8.47. The third-order valence-electron chi connectivity index (χ3n) is 2.33. The van der Waals surface area contributed by atoms with E-state index in [1.54, 1.807) is 25.1 Å². The van der Waals surface area contributed by atoms with Crippen molar-refractivity contribution in [3.05, 3.63) is 51.9 Å². The van der Waals surface area contributed by atoms with Crippen molar-refractivity contribution in [1.29, 1.82) is 0 Å². The van der Waals surface area contributed by atoms with Crippen molar-refractivity contribution in [3.8, 4) is 0 Å². The van der Waals surface area contributed by atoms with E-state index < -0.39 is 17.6 Å². The number of hydrogen-bond donors (Lipinski definition) is 1. The summed E-state index contributed by atoms with van der Waals surface area (Å²) < 4.78 is 39.9. The molecule has 0 unspecified atom stereocenters. The molecule has 2 aromatic rings. The van der Waals surface area contributed by atoms with Gasteiger partial charge in [-0.25, -0.2) is 8.78 Å². The van der Waals surface area contributed by atoms with E-state index in [0.29, 0.717) is 11.8 Å². The van der Waals surface area contributed by atoms with Gasteiger partial charge in [0.25, 0.3) is 5.95 Å². The highest BCUT2D eigenvalue weighted by molar-refractivity contribution is 9.10. The standard InChI is InChI=1S/C12H8BrF3N2/c1-6-4-7(13)2-3-10(6)17-12-9(15)5-8(14)11(16)18-12/h2-5H,1H3,(H,17,18). The molecule has 1 heterocycles. The molecule has 1 aromatic carbocycles. The maximum absolute atomic E-state index is 13.4. The van der Waals surface area contributed by atoms with Crippen molar-refractivity contribution in [1.82, 2.24) is 4.98 Å². The van der Waals surface area contributed by atoms with E-state index in [1.807, 2.05) is 0 Å². The Bertz CT molecular complexity index is 602. The van der Waals surface area contributed by atoms with E-state index in [1.165, 1.54) is 0 Å². The van der Waals surface area contributed by atoms with Crippen molar-refractivity contribution in [2.45, 2.75) is 6.92 Å². The minimum atomic E-state index is -1.34. The van der Waals surface area contributed by atoms with Crippen LogP contribution in [0.4, 0.5) is 24.7 Å². The lowest BCUT2D eigenvalue weighted by Crippen LogP contribution is -2.02. The molecule has 0 fully saturated rings. The van der Waals surface area contributed by atoms with Gasteiger partial charge < -0.3 is 5.32 Å². The normalized spacial score (nSPS) is 10.5. The quantitative estimate of drug-likeness (QED) is 0.835. The molecule has 0 radical (unpaired) electrons. The summed E-state index contributed by atoms with van der Waals surface area (Å²) in [6.45, 7) is 1.80. The third-order valence-corrected chi connectivity index (χ3v) is 2.82. The lowest BCUT2D eigenvalue weighted by molar-refractivity contribution is 0.467. The Kier molecular flexibility index (Phi) is 3.56. The van der Waals surface area contributed by atoms with Gasteiger partial charge in [0.05, 0.1) is 0 Å². The first kappa shape index (κ1) is 12.9. The number of anilines is 2. The Morgan fingerprint density at radius 2 is 1.83 bits per heavy atom. The number of pyridine rings is 1. The molecule has 0 atom stereocenters. The molecule has 0 spiro atoms. The van der Waals surface area contributed by atoms with Gasteiger partial charge in [0, 0.05) is 16.2 Å². The summed E-state index contributed by atoms with van der Waals surface area (Å²) in [5, 5.41) is 2.62. The minimum absolute atomic E-state index is 0.348. The Hall–Kier alpha value is -1.56. The van der Waals surface area contributed by atoms with Crippen LogP contribution in [0, 0.1) is 24.5 Å². The molecule has 1 N–H and O–H groups in total. The molecule has 2 nitrogen and oxygen atoms in total. The van der Waals surface area contributed by atoms with Gasteiger partial charge in [-0.1, -0.05) is 15.9 Å². The summed E-state index contributed by atoms with van der Waals surface area (Å²) in [5.41, 5.74) is 1.38. The van der Waals surface area contributed by atoms with E-state index in [4.69, 9.17) is 0 Å². The average Bonchev–Trinajstić information content (AvgIpc) is 2.29. The highest BCUT2D eigenvalue weighted by atomic mass is 79.9. The molecule has 0 aliphatic heterocycles. The SMILES string of the molecule is Cc1cc(Br)ccc1Nc1nc(F)c(F)cc1F. The molecule has 6 heteroatoms. The maximum atomic E-state index is 13.4. The van der Waals surface area contributed by atoms with Gasteiger partial charge in [-0.3, -0.25) is 0 Å². The highest BCUT2D eigenvalue weighted by Gasteiger charge is 2.12. The molecule has 0 saturated carbocycles.